The first-order chi connectivity index (χ1) is 25.0. The molecule has 7 rings (SSSR count). The topological polar surface area (TPSA) is 118 Å². The van der Waals surface area contributed by atoms with Gasteiger partial charge in [0.25, 0.3) is 5.91 Å². The molecule has 6 atom stereocenters. The molecule has 318 valence electrons. The molecule has 2 fully saturated rings. The number of aryl methyl sites for hydroxylation is 1. The molecule has 1 saturated carbocycles. The van der Waals surface area contributed by atoms with E-state index < -0.39 is 17.5 Å². The summed E-state index contributed by atoms with van der Waals surface area (Å²) in [5.74, 6) is -0.381. The van der Waals surface area contributed by atoms with Crippen LogP contribution in [0.3, 0.4) is 0 Å². The number of carbonyl (C=O) groups is 3. The molecule has 1 aliphatic carbocycles. The predicted octanol–water partition coefficient (Wildman–Crippen LogP) is 5.85. The Kier molecular flexibility index (Phi) is 19.0. The average molecular weight is 881 g/mol. The van der Waals surface area contributed by atoms with Gasteiger partial charge in [-0.2, -0.15) is 67.5 Å². The Balaban J connectivity index is 0.00000224. The molecule has 6 bridgehead atoms. The second-order valence-corrected chi connectivity index (χ2v) is 16.0. The summed E-state index contributed by atoms with van der Waals surface area (Å²) < 4.78 is 14.2. The highest BCUT2D eigenvalue weighted by Gasteiger charge is 2.42. The number of fused-ring (bicyclic) bond motifs is 6. The average Bonchev–Trinajstić information content (AvgIpc) is 3.82. The highest BCUT2D eigenvalue weighted by atomic mass is 32.1. The van der Waals surface area contributed by atoms with Gasteiger partial charge in [0, 0.05) is 73.8 Å². The van der Waals surface area contributed by atoms with Gasteiger partial charge in [-0.15, -0.1) is 0 Å². The van der Waals surface area contributed by atoms with Gasteiger partial charge in [-0.3, -0.25) is 29.3 Å². The van der Waals surface area contributed by atoms with Crippen LogP contribution in [0.5, 0.6) is 0 Å². The summed E-state index contributed by atoms with van der Waals surface area (Å²) in [4.78, 5) is 48.1. The van der Waals surface area contributed by atoms with Crippen LogP contribution in [-0.2, 0) is 36.8 Å². The predicted molar refractivity (Wildman–Crippen MR) is 253 cm³/mol. The Labute approximate surface area is 373 Å². The van der Waals surface area contributed by atoms with Crippen LogP contribution in [0, 0.1) is 17.3 Å². The van der Waals surface area contributed by atoms with E-state index in [-0.39, 0.29) is 104 Å². The van der Waals surface area contributed by atoms with Crippen molar-refractivity contribution in [3.63, 3.8) is 0 Å². The lowest BCUT2D eigenvalue weighted by atomic mass is 9.84. The number of carbonyl (C=O) groups excluding carboxylic acids is 3. The van der Waals surface area contributed by atoms with Gasteiger partial charge in [-0.25, -0.2) is 5.43 Å². The summed E-state index contributed by atoms with van der Waals surface area (Å²) in [7, 11) is 1.71. The maximum atomic E-state index is 14.1. The van der Waals surface area contributed by atoms with Gasteiger partial charge < -0.3 is 19.4 Å². The zero-order chi connectivity index (χ0) is 36.7. The van der Waals surface area contributed by atoms with E-state index in [4.69, 9.17) is 14.5 Å². The number of nitrogens with one attached hydrogen (secondary N) is 2. The molecule has 2 aromatic heterocycles. The highest BCUT2D eigenvalue weighted by molar-refractivity contribution is 7.60. The lowest BCUT2D eigenvalue weighted by Crippen LogP contribution is -2.62. The third kappa shape index (κ3) is 10.9. The maximum absolute atomic E-state index is 14.1. The Morgan fingerprint density at radius 2 is 1.86 bits per heavy atom. The number of pyridine rings is 1. The fraction of sp³-hybridized carbons (Fsp3) is 0.561. The number of hydrogen-bond donors (Lipinski definition) is 2. The molecule has 11 nitrogen and oxygen atoms in total. The first kappa shape index (κ1) is 50.8. The largest absolute Gasteiger partial charge is 0.464 e. The SMILES string of the molecule is CCn1c(-c2cccnc2[C@H](C)OC)c2c3cc(ccc31)C1=CCCN(C1)C[C@H](NC(=O)[C@H]1C[C@@H]1C)C(=O)N1CCC[C@H](N1)C(=O)OCC(C)(C)C2.S.S.S.S.S. The molecule has 0 radical (unpaired) electrons. The number of benzene rings is 1. The van der Waals surface area contributed by atoms with Crippen molar-refractivity contribution in [1.29, 1.82) is 0 Å². The van der Waals surface area contributed by atoms with E-state index in [1.165, 1.54) is 16.1 Å². The normalized spacial score (nSPS) is 24.6. The number of aromatic nitrogens is 2. The molecular formula is C41H64N6O5S5. The molecule has 3 aliphatic heterocycles. The maximum Gasteiger partial charge on any atom is 0.324 e. The van der Waals surface area contributed by atoms with Crippen LogP contribution in [0.25, 0.3) is 27.7 Å². The van der Waals surface area contributed by atoms with Crippen LogP contribution in [0.15, 0.2) is 42.6 Å². The fourth-order valence-electron chi connectivity index (χ4n) is 8.27. The Bertz CT molecular complexity index is 1910. The van der Waals surface area contributed by atoms with Gasteiger partial charge in [0.15, 0.2) is 0 Å². The standard InChI is InChI=1S/C41H54N6O5.5H2S/c1-7-46-35-15-14-27-20-31(35)32(37(46)29-12-8-16-42-36(29)26(3)51-6)21-41(4,5)24-52-40(50)33-13-10-18-47(44-33)39(49)34(43-38(48)30-19-25(30)2)23-45-17-9-11-28(27)22-45;;;;;/h8,11-12,14-16,20,25-26,30,33-34,44H,7,9-10,13,17-19,21-24H2,1-6H3,(H,43,48);5*1H2/t25-,26-,30-,33-,34-;;;;;/m0...../s1. The molecule has 1 unspecified atom stereocenters. The zero-order valence-corrected chi connectivity index (χ0v) is 39.0. The summed E-state index contributed by atoms with van der Waals surface area (Å²) >= 11 is 0. The highest BCUT2D eigenvalue weighted by Crippen LogP contribution is 2.42. The monoisotopic (exact) mass is 880 g/mol. The van der Waals surface area contributed by atoms with Crippen LogP contribution in [-0.4, -0.2) is 89.2 Å². The van der Waals surface area contributed by atoms with Crippen LogP contribution >= 0.6 is 67.5 Å². The zero-order valence-electron chi connectivity index (χ0n) is 34.0. The molecule has 5 heterocycles. The van der Waals surface area contributed by atoms with Gasteiger partial charge >= 0.3 is 5.97 Å². The molecule has 1 saturated heterocycles. The first-order valence-electron chi connectivity index (χ1n) is 19.1. The second kappa shape index (κ2) is 21.3. The minimum Gasteiger partial charge on any atom is -0.464 e. The van der Waals surface area contributed by atoms with E-state index in [1.807, 2.05) is 19.2 Å². The number of nitrogens with zero attached hydrogens (tertiary/aromatic N) is 4. The quantitative estimate of drug-likeness (QED) is 0.297. The van der Waals surface area contributed by atoms with Gasteiger partial charge in [0.2, 0.25) is 5.91 Å². The summed E-state index contributed by atoms with van der Waals surface area (Å²) in [5.41, 5.74) is 10.5. The number of hydrogen-bond acceptors (Lipinski definition) is 8. The first-order valence-corrected chi connectivity index (χ1v) is 19.1. The minimum absolute atomic E-state index is 0. The number of esters is 1. The summed E-state index contributed by atoms with van der Waals surface area (Å²) in [6.07, 6.45) is 7.50. The third-order valence-electron chi connectivity index (χ3n) is 11.4. The summed E-state index contributed by atoms with van der Waals surface area (Å²) in [6, 6.07) is 9.49. The molecule has 3 aromatic rings. The number of hydrazine groups is 1. The van der Waals surface area contributed by atoms with Crippen LogP contribution in [0.2, 0.25) is 0 Å². The summed E-state index contributed by atoms with van der Waals surface area (Å²) in [5, 5.41) is 5.82. The van der Waals surface area contributed by atoms with E-state index in [0.717, 1.165) is 59.3 Å². The Morgan fingerprint density at radius 3 is 2.54 bits per heavy atom. The number of methoxy groups -OCH3 is 1. The molecule has 1 aromatic carbocycles. The van der Waals surface area contributed by atoms with Gasteiger partial charge in [0.1, 0.15) is 12.1 Å². The Hall–Kier alpha value is -2.31. The van der Waals surface area contributed by atoms with E-state index in [0.29, 0.717) is 44.8 Å². The van der Waals surface area contributed by atoms with Crippen molar-refractivity contribution in [2.75, 3.05) is 39.9 Å². The number of ether oxygens (including phenoxy) is 2. The molecule has 2 N–H and O–H groups in total. The molecular weight excluding hydrogens is 817 g/mol. The number of rotatable bonds is 6. The van der Waals surface area contributed by atoms with E-state index in [9.17, 15) is 14.4 Å². The fourth-order valence-corrected chi connectivity index (χ4v) is 8.27. The minimum atomic E-state index is -0.738. The summed E-state index contributed by atoms with van der Waals surface area (Å²) in [6.45, 7) is 13.8. The van der Waals surface area contributed by atoms with Crippen molar-refractivity contribution in [3.8, 4) is 11.3 Å². The van der Waals surface area contributed by atoms with E-state index >= 15 is 0 Å². The second-order valence-electron chi connectivity index (χ2n) is 16.0. The van der Waals surface area contributed by atoms with Crippen LogP contribution < -0.4 is 10.7 Å². The molecule has 57 heavy (non-hydrogen) atoms. The van der Waals surface area contributed by atoms with Gasteiger partial charge in [0.05, 0.1) is 24.1 Å². The van der Waals surface area contributed by atoms with Crippen molar-refractivity contribution < 1.29 is 23.9 Å². The molecule has 4 aliphatic rings. The molecule has 0 spiro atoms. The number of cyclic esters (lactones) is 1. The van der Waals surface area contributed by atoms with Crippen molar-refractivity contribution in [2.24, 2.45) is 17.3 Å². The van der Waals surface area contributed by atoms with Gasteiger partial charge in [-0.05, 0) is 92.8 Å². The van der Waals surface area contributed by atoms with Crippen molar-refractivity contribution >= 4 is 102 Å². The molecule has 16 heteroatoms. The van der Waals surface area contributed by atoms with Crippen molar-refractivity contribution in [3.05, 3.63) is 59.4 Å². The van der Waals surface area contributed by atoms with Crippen LogP contribution in [0.1, 0.15) is 83.2 Å². The van der Waals surface area contributed by atoms with Crippen molar-refractivity contribution in [1.82, 2.24) is 30.2 Å². The third-order valence-corrected chi connectivity index (χ3v) is 11.4. The van der Waals surface area contributed by atoms with Crippen molar-refractivity contribution in [2.45, 2.75) is 91.5 Å². The lowest BCUT2D eigenvalue weighted by Gasteiger charge is -2.37. The van der Waals surface area contributed by atoms with E-state index in [1.54, 1.807) is 7.11 Å². The Morgan fingerprint density at radius 1 is 1.12 bits per heavy atom. The lowest BCUT2D eigenvalue weighted by molar-refractivity contribution is -0.155. The van der Waals surface area contributed by atoms with Crippen LogP contribution in [0.4, 0.5) is 0 Å². The molecule has 2 amide bonds. The smallest absolute Gasteiger partial charge is 0.324 e. The number of amides is 2. The van der Waals surface area contributed by atoms with Gasteiger partial charge in [-0.1, -0.05) is 32.9 Å². The van der Waals surface area contributed by atoms with E-state index in [2.05, 4.69) is 78.2 Å².